The van der Waals surface area contributed by atoms with Crippen molar-refractivity contribution in [2.75, 3.05) is 24.6 Å². The smallest absolute Gasteiger partial charge is 0.264 e. The first-order valence-corrected chi connectivity index (χ1v) is 14.3. The van der Waals surface area contributed by atoms with E-state index in [1.54, 1.807) is 60.7 Å². The molecule has 9 nitrogen and oxygen atoms in total. The summed E-state index contributed by atoms with van der Waals surface area (Å²) < 4.78 is 44.8. The van der Waals surface area contributed by atoms with Gasteiger partial charge in [-0.3, -0.25) is 9.10 Å². The summed E-state index contributed by atoms with van der Waals surface area (Å²) in [6, 6.07) is 29.4. The Bertz CT molecular complexity index is 1560. The van der Waals surface area contributed by atoms with E-state index >= 15 is 0 Å². The summed E-state index contributed by atoms with van der Waals surface area (Å²) in [4.78, 5) is 12.9. The standard InChI is InChI=1S/C31H31N3O6S/c1-3-39-30-20-25(14-19-29(30)40-23-24-10-6-4-7-11-24)21-32-33-31(35)22-34(26-15-17-27(38-2)18-16-26)41(36,37)28-12-8-5-9-13-28/h4-21H,3,22-23H2,1-2H3,(H,33,35)/b32-21-. The topological polar surface area (TPSA) is 107 Å². The average Bonchev–Trinajstić information content (AvgIpc) is 3.00. The minimum Gasteiger partial charge on any atom is -0.497 e. The summed E-state index contributed by atoms with van der Waals surface area (Å²) in [6.07, 6.45) is 1.45. The number of carbonyl (C=O) groups excluding carboxylic acids is 1. The Morgan fingerprint density at radius 3 is 2.22 bits per heavy atom. The van der Waals surface area contributed by atoms with Crippen molar-refractivity contribution >= 4 is 27.8 Å². The van der Waals surface area contributed by atoms with Crippen LogP contribution in [0.4, 0.5) is 5.69 Å². The molecular weight excluding hydrogens is 542 g/mol. The molecule has 10 heteroatoms. The van der Waals surface area contributed by atoms with Gasteiger partial charge in [-0.05, 0) is 72.6 Å². The maximum atomic E-state index is 13.4. The highest BCUT2D eigenvalue weighted by molar-refractivity contribution is 7.92. The number of hydrogen-bond donors (Lipinski definition) is 1. The summed E-state index contributed by atoms with van der Waals surface area (Å²) in [6.45, 7) is 2.22. The monoisotopic (exact) mass is 573 g/mol. The van der Waals surface area contributed by atoms with Gasteiger partial charge >= 0.3 is 0 Å². The molecule has 212 valence electrons. The van der Waals surface area contributed by atoms with Gasteiger partial charge in [-0.2, -0.15) is 5.10 Å². The molecule has 4 aromatic carbocycles. The van der Waals surface area contributed by atoms with Crippen molar-refractivity contribution in [3.8, 4) is 17.2 Å². The Morgan fingerprint density at radius 1 is 0.878 bits per heavy atom. The molecule has 0 heterocycles. The van der Waals surface area contributed by atoms with Gasteiger partial charge in [0.05, 0.1) is 30.5 Å². The highest BCUT2D eigenvalue weighted by Crippen LogP contribution is 2.29. The van der Waals surface area contributed by atoms with Gasteiger partial charge in [0.1, 0.15) is 18.9 Å². The molecule has 0 bridgehead atoms. The first-order chi connectivity index (χ1) is 19.9. The highest BCUT2D eigenvalue weighted by Gasteiger charge is 2.27. The zero-order valence-electron chi connectivity index (χ0n) is 22.8. The second kappa shape index (κ2) is 14.0. The minimum absolute atomic E-state index is 0.0603. The third-order valence-corrected chi connectivity index (χ3v) is 7.67. The molecule has 0 saturated heterocycles. The molecule has 1 amide bonds. The molecule has 0 unspecified atom stereocenters. The van der Waals surface area contributed by atoms with Crippen LogP contribution in [0.1, 0.15) is 18.1 Å². The predicted octanol–water partition coefficient (Wildman–Crippen LogP) is 5.02. The molecular formula is C31H31N3O6S. The zero-order valence-corrected chi connectivity index (χ0v) is 23.6. The Labute approximate surface area is 240 Å². The van der Waals surface area contributed by atoms with Gasteiger partial charge in [0, 0.05) is 0 Å². The summed E-state index contributed by atoms with van der Waals surface area (Å²) in [5, 5.41) is 4.03. The van der Waals surface area contributed by atoms with Crippen molar-refractivity contribution < 1.29 is 27.4 Å². The first kappa shape index (κ1) is 29.2. The van der Waals surface area contributed by atoms with Crippen LogP contribution in [0.5, 0.6) is 17.2 Å². The minimum atomic E-state index is -4.04. The second-order valence-corrected chi connectivity index (χ2v) is 10.6. The molecule has 0 aliphatic rings. The number of hydrogen-bond acceptors (Lipinski definition) is 7. The third kappa shape index (κ3) is 7.86. The van der Waals surface area contributed by atoms with E-state index in [9.17, 15) is 13.2 Å². The van der Waals surface area contributed by atoms with E-state index in [0.29, 0.717) is 41.7 Å². The number of rotatable bonds is 13. The van der Waals surface area contributed by atoms with Crippen LogP contribution in [0.25, 0.3) is 0 Å². The first-order valence-electron chi connectivity index (χ1n) is 12.9. The number of anilines is 1. The number of hydrazone groups is 1. The lowest BCUT2D eigenvalue weighted by atomic mass is 10.2. The van der Waals surface area contributed by atoms with E-state index in [1.165, 1.54) is 25.5 Å². The van der Waals surface area contributed by atoms with E-state index < -0.39 is 22.5 Å². The lowest BCUT2D eigenvalue weighted by molar-refractivity contribution is -0.119. The van der Waals surface area contributed by atoms with Crippen molar-refractivity contribution in [3.63, 3.8) is 0 Å². The van der Waals surface area contributed by atoms with Crippen molar-refractivity contribution in [2.45, 2.75) is 18.4 Å². The van der Waals surface area contributed by atoms with E-state index in [1.807, 2.05) is 37.3 Å². The number of ether oxygens (including phenoxy) is 3. The average molecular weight is 574 g/mol. The molecule has 0 fully saturated rings. The van der Waals surface area contributed by atoms with E-state index in [2.05, 4.69) is 10.5 Å². The molecule has 0 radical (unpaired) electrons. The summed E-state index contributed by atoms with van der Waals surface area (Å²) in [5.74, 6) is 1.06. The Hall–Kier alpha value is -4.83. The molecule has 0 spiro atoms. The third-order valence-electron chi connectivity index (χ3n) is 5.89. The predicted molar refractivity (Wildman–Crippen MR) is 158 cm³/mol. The fourth-order valence-corrected chi connectivity index (χ4v) is 5.30. The largest absolute Gasteiger partial charge is 0.497 e. The van der Waals surface area contributed by atoms with E-state index in [-0.39, 0.29) is 4.90 Å². The van der Waals surface area contributed by atoms with Crippen molar-refractivity contribution in [3.05, 3.63) is 114 Å². The molecule has 0 saturated carbocycles. The fraction of sp³-hybridized carbons (Fsp3) is 0.161. The quantitative estimate of drug-likeness (QED) is 0.178. The van der Waals surface area contributed by atoms with Crippen LogP contribution < -0.4 is 23.9 Å². The molecule has 4 rings (SSSR count). The fourth-order valence-electron chi connectivity index (χ4n) is 3.86. The summed E-state index contributed by atoms with van der Waals surface area (Å²) in [7, 11) is -2.52. The van der Waals surface area contributed by atoms with Crippen molar-refractivity contribution in [1.82, 2.24) is 5.43 Å². The number of sulfonamides is 1. The number of methoxy groups -OCH3 is 1. The zero-order chi connectivity index (χ0) is 29.1. The molecule has 0 aliphatic heterocycles. The molecule has 4 aromatic rings. The van der Waals surface area contributed by atoms with Gasteiger partial charge in [-0.1, -0.05) is 48.5 Å². The van der Waals surface area contributed by atoms with Crippen molar-refractivity contribution in [2.24, 2.45) is 5.10 Å². The van der Waals surface area contributed by atoms with Crippen LogP contribution in [0.3, 0.4) is 0 Å². The molecule has 1 N–H and O–H groups in total. The van der Waals surface area contributed by atoms with Gasteiger partial charge < -0.3 is 14.2 Å². The van der Waals surface area contributed by atoms with Gasteiger partial charge in [0.25, 0.3) is 15.9 Å². The van der Waals surface area contributed by atoms with Crippen LogP contribution in [-0.2, 0) is 21.4 Å². The maximum absolute atomic E-state index is 13.4. The Morgan fingerprint density at radius 2 is 1.56 bits per heavy atom. The van der Waals surface area contributed by atoms with E-state index in [0.717, 1.165) is 9.87 Å². The van der Waals surface area contributed by atoms with Crippen LogP contribution in [0, 0.1) is 0 Å². The maximum Gasteiger partial charge on any atom is 0.264 e. The molecule has 0 aromatic heterocycles. The van der Waals surface area contributed by atoms with Crippen LogP contribution in [0.2, 0.25) is 0 Å². The molecule has 41 heavy (non-hydrogen) atoms. The van der Waals surface area contributed by atoms with Crippen LogP contribution in [-0.4, -0.2) is 40.8 Å². The van der Waals surface area contributed by atoms with Crippen LogP contribution >= 0.6 is 0 Å². The van der Waals surface area contributed by atoms with Crippen molar-refractivity contribution in [1.29, 1.82) is 0 Å². The number of carbonyl (C=O) groups is 1. The number of nitrogens with one attached hydrogen (secondary N) is 1. The summed E-state index contributed by atoms with van der Waals surface area (Å²) >= 11 is 0. The highest BCUT2D eigenvalue weighted by atomic mass is 32.2. The second-order valence-electron chi connectivity index (χ2n) is 8.73. The number of amides is 1. The Balaban J connectivity index is 1.46. The lowest BCUT2D eigenvalue weighted by Gasteiger charge is -2.23. The molecule has 0 atom stereocenters. The van der Waals surface area contributed by atoms with Gasteiger partial charge in [0.15, 0.2) is 11.5 Å². The lowest BCUT2D eigenvalue weighted by Crippen LogP contribution is -2.39. The Kier molecular flexibility index (Phi) is 9.95. The normalized spacial score (nSPS) is 11.2. The van der Waals surface area contributed by atoms with E-state index in [4.69, 9.17) is 14.2 Å². The van der Waals surface area contributed by atoms with Gasteiger partial charge in [-0.15, -0.1) is 0 Å². The SMILES string of the molecule is CCOc1cc(/C=N\NC(=O)CN(c2ccc(OC)cc2)S(=O)(=O)c2ccccc2)ccc1OCc1ccccc1. The van der Waals surface area contributed by atoms with Gasteiger partial charge in [-0.25, -0.2) is 13.8 Å². The molecule has 0 aliphatic carbocycles. The summed E-state index contributed by atoms with van der Waals surface area (Å²) in [5.41, 5.74) is 4.41. The van der Waals surface area contributed by atoms with Crippen LogP contribution in [0.15, 0.2) is 113 Å². The van der Waals surface area contributed by atoms with Gasteiger partial charge in [0.2, 0.25) is 0 Å². The number of benzene rings is 4. The number of nitrogens with zero attached hydrogens (tertiary/aromatic N) is 2.